The van der Waals surface area contributed by atoms with Crippen LogP contribution in [0.2, 0.25) is 10.0 Å². The molecule has 0 aliphatic heterocycles. The van der Waals surface area contributed by atoms with Gasteiger partial charge in [-0.15, -0.1) is 0 Å². The van der Waals surface area contributed by atoms with Crippen molar-refractivity contribution >= 4 is 35.2 Å². The van der Waals surface area contributed by atoms with Gasteiger partial charge in [-0.25, -0.2) is 9.48 Å². The molecule has 1 aromatic heterocycles. The maximum absolute atomic E-state index is 11.9. The maximum Gasteiger partial charge on any atom is 0.331 e. The number of aromatic nitrogens is 2. The molecule has 0 radical (unpaired) electrons. The van der Waals surface area contributed by atoms with Gasteiger partial charge < -0.3 is 14.6 Å². The Kier molecular flexibility index (Phi) is 5.88. The van der Waals surface area contributed by atoms with E-state index in [9.17, 15) is 9.90 Å². The van der Waals surface area contributed by atoms with Crippen LogP contribution < -0.4 is 4.74 Å². The van der Waals surface area contributed by atoms with Gasteiger partial charge in [-0.1, -0.05) is 23.2 Å². The molecule has 0 saturated heterocycles. The first-order chi connectivity index (χ1) is 12.0. The van der Waals surface area contributed by atoms with E-state index in [4.69, 9.17) is 32.7 Å². The van der Waals surface area contributed by atoms with E-state index in [2.05, 4.69) is 5.10 Å². The van der Waals surface area contributed by atoms with Crippen LogP contribution in [-0.2, 0) is 16.6 Å². The first kappa shape index (κ1) is 20.1. The zero-order valence-electron chi connectivity index (χ0n) is 15.1. The first-order valence-corrected chi connectivity index (χ1v) is 8.54. The third-order valence-electron chi connectivity index (χ3n) is 3.21. The minimum Gasteiger partial charge on any atom is -0.506 e. The highest BCUT2D eigenvalue weighted by atomic mass is 35.5. The van der Waals surface area contributed by atoms with Gasteiger partial charge in [0.05, 0.1) is 21.3 Å². The van der Waals surface area contributed by atoms with Crippen molar-refractivity contribution in [3.63, 3.8) is 0 Å². The molecular weight excluding hydrogens is 379 g/mol. The zero-order valence-corrected chi connectivity index (χ0v) is 16.6. The van der Waals surface area contributed by atoms with Crippen LogP contribution in [0.3, 0.4) is 0 Å². The molecule has 0 aliphatic rings. The van der Waals surface area contributed by atoms with E-state index < -0.39 is 11.6 Å². The van der Waals surface area contributed by atoms with Crippen molar-refractivity contribution in [2.45, 2.75) is 33.3 Å². The Morgan fingerprint density at radius 1 is 1.27 bits per heavy atom. The lowest BCUT2D eigenvalue weighted by Gasteiger charge is -2.17. The highest BCUT2D eigenvalue weighted by molar-refractivity contribution is 6.36. The third kappa shape index (κ3) is 4.93. The summed E-state index contributed by atoms with van der Waals surface area (Å²) in [6.07, 6.45) is 2.87. The van der Waals surface area contributed by atoms with Gasteiger partial charge in [0, 0.05) is 19.2 Å². The second-order valence-corrected chi connectivity index (χ2v) is 7.45. The van der Waals surface area contributed by atoms with Crippen molar-refractivity contribution in [1.29, 1.82) is 0 Å². The van der Waals surface area contributed by atoms with Crippen molar-refractivity contribution < 1.29 is 19.4 Å². The molecule has 6 nitrogen and oxygen atoms in total. The van der Waals surface area contributed by atoms with Crippen LogP contribution in [-0.4, -0.2) is 26.5 Å². The van der Waals surface area contributed by atoms with Crippen LogP contribution in [0.15, 0.2) is 18.2 Å². The Bertz CT molecular complexity index is 867. The molecule has 0 bridgehead atoms. The van der Waals surface area contributed by atoms with Gasteiger partial charge in [-0.05, 0) is 39.8 Å². The molecule has 0 unspecified atom stereocenters. The average molecular weight is 399 g/mol. The number of phenols is 1. The molecule has 0 fully saturated rings. The number of hydrogen-bond acceptors (Lipinski definition) is 5. The third-order valence-corrected chi connectivity index (χ3v) is 3.81. The molecule has 0 saturated carbocycles. The standard InChI is InChI=1S/C18H20Cl2N2O4/c1-10-11(6-7-16(24)26-18(2,3)4)17(22(5)21-10)25-15-9-14(23)12(19)8-13(15)20/h6-9,23H,1-5H3. The topological polar surface area (TPSA) is 73.6 Å². The first-order valence-electron chi connectivity index (χ1n) is 7.78. The van der Waals surface area contributed by atoms with Crippen molar-refractivity contribution in [3.8, 4) is 17.4 Å². The fourth-order valence-electron chi connectivity index (χ4n) is 2.15. The minimum absolute atomic E-state index is 0.119. The summed E-state index contributed by atoms with van der Waals surface area (Å²) in [4.78, 5) is 11.9. The summed E-state index contributed by atoms with van der Waals surface area (Å²) >= 11 is 11.9. The van der Waals surface area contributed by atoms with Crippen molar-refractivity contribution in [3.05, 3.63) is 39.5 Å². The summed E-state index contributed by atoms with van der Waals surface area (Å²) in [6, 6.07) is 2.70. The van der Waals surface area contributed by atoms with E-state index in [0.29, 0.717) is 17.1 Å². The molecule has 140 valence electrons. The number of aryl methyl sites for hydroxylation is 2. The molecule has 1 N–H and O–H groups in total. The molecule has 8 heteroatoms. The Hall–Kier alpha value is -2.18. The van der Waals surface area contributed by atoms with Crippen LogP contribution in [0.5, 0.6) is 17.4 Å². The Morgan fingerprint density at radius 2 is 1.92 bits per heavy atom. The zero-order chi connectivity index (χ0) is 19.6. The Balaban J connectivity index is 2.34. The number of phenolic OH excluding ortho intramolecular Hbond substituents is 1. The van der Waals surface area contributed by atoms with E-state index in [1.807, 2.05) is 0 Å². The number of hydrogen-bond donors (Lipinski definition) is 1. The van der Waals surface area contributed by atoms with Gasteiger partial charge in [0.2, 0.25) is 5.88 Å². The SMILES string of the molecule is Cc1nn(C)c(Oc2cc(O)c(Cl)cc2Cl)c1C=CC(=O)OC(C)(C)C. The number of esters is 1. The number of carbonyl (C=O) groups excluding carboxylic acids is 1. The van der Waals surface area contributed by atoms with Crippen LogP contribution >= 0.6 is 23.2 Å². The van der Waals surface area contributed by atoms with E-state index in [-0.39, 0.29) is 21.5 Å². The lowest BCUT2D eigenvalue weighted by molar-refractivity contribution is -0.148. The lowest BCUT2D eigenvalue weighted by Crippen LogP contribution is -2.22. The van der Waals surface area contributed by atoms with Gasteiger partial charge >= 0.3 is 5.97 Å². The van der Waals surface area contributed by atoms with Gasteiger partial charge in [0.1, 0.15) is 11.4 Å². The predicted molar refractivity (Wildman–Crippen MR) is 101 cm³/mol. The van der Waals surface area contributed by atoms with Crippen molar-refractivity contribution in [2.75, 3.05) is 0 Å². The van der Waals surface area contributed by atoms with Gasteiger partial charge in [0.25, 0.3) is 0 Å². The number of halogens is 2. The van der Waals surface area contributed by atoms with Gasteiger partial charge in [-0.3, -0.25) is 0 Å². The van der Waals surface area contributed by atoms with Crippen LogP contribution in [0, 0.1) is 6.92 Å². The predicted octanol–water partition coefficient (Wildman–Crippen LogP) is 4.89. The fourth-order valence-corrected chi connectivity index (χ4v) is 2.58. The highest BCUT2D eigenvalue weighted by Gasteiger charge is 2.18. The smallest absolute Gasteiger partial charge is 0.331 e. The molecular formula is C18H20Cl2N2O4. The number of aromatic hydroxyl groups is 1. The van der Waals surface area contributed by atoms with Crippen molar-refractivity contribution in [2.24, 2.45) is 7.05 Å². The number of nitrogens with zero attached hydrogens (tertiary/aromatic N) is 2. The lowest BCUT2D eigenvalue weighted by atomic mass is 10.2. The molecule has 2 rings (SSSR count). The normalized spacial score (nSPS) is 11.8. The average Bonchev–Trinajstić information content (AvgIpc) is 2.74. The van der Waals surface area contributed by atoms with Gasteiger partial charge in [0.15, 0.2) is 5.75 Å². The second kappa shape index (κ2) is 7.60. The van der Waals surface area contributed by atoms with Crippen LogP contribution in [0.4, 0.5) is 0 Å². The molecule has 0 aliphatic carbocycles. The number of carbonyl (C=O) groups is 1. The summed E-state index contributed by atoms with van der Waals surface area (Å²) in [5.74, 6) is -0.0703. The molecule has 1 heterocycles. The fraction of sp³-hybridized carbons (Fsp3) is 0.333. The number of rotatable bonds is 4. The summed E-state index contributed by atoms with van der Waals surface area (Å²) in [5.41, 5.74) is 0.652. The van der Waals surface area contributed by atoms with E-state index in [1.54, 1.807) is 40.8 Å². The van der Waals surface area contributed by atoms with Crippen molar-refractivity contribution in [1.82, 2.24) is 9.78 Å². The largest absolute Gasteiger partial charge is 0.506 e. The number of benzene rings is 1. The maximum atomic E-state index is 11.9. The van der Waals surface area contributed by atoms with E-state index >= 15 is 0 Å². The highest BCUT2D eigenvalue weighted by Crippen LogP contribution is 2.38. The Labute approximate surface area is 161 Å². The quantitative estimate of drug-likeness (QED) is 0.586. The molecule has 0 spiro atoms. The molecule has 0 amide bonds. The summed E-state index contributed by atoms with van der Waals surface area (Å²) in [6.45, 7) is 7.15. The second-order valence-electron chi connectivity index (χ2n) is 6.63. The summed E-state index contributed by atoms with van der Waals surface area (Å²) in [7, 11) is 1.69. The van der Waals surface area contributed by atoms with Gasteiger partial charge in [-0.2, -0.15) is 5.10 Å². The number of ether oxygens (including phenoxy) is 2. The molecule has 0 atom stereocenters. The summed E-state index contributed by atoms with van der Waals surface area (Å²) < 4.78 is 12.6. The molecule has 2 aromatic rings. The summed E-state index contributed by atoms with van der Waals surface area (Å²) in [5, 5.41) is 14.4. The van der Waals surface area contributed by atoms with E-state index in [0.717, 1.165) is 0 Å². The minimum atomic E-state index is -0.584. The molecule has 26 heavy (non-hydrogen) atoms. The van der Waals surface area contributed by atoms with E-state index in [1.165, 1.54) is 22.9 Å². The van der Waals surface area contributed by atoms with Crippen LogP contribution in [0.25, 0.3) is 6.08 Å². The van der Waals surface area contributed by atoms with Crippen LogP contribution in [0.1, 0.15) is 32.0 Å². The monoisotopic (exact) mass is 398 g/mol. The Morgan fingerprint density at radius 3 is 2.54 bits per heavy atom. The molecule has 1 aromatic carbocycles.